The smallest absolute Gasteiger partial charge is 0.193 e. The highest BCUT2D eigenvalue weighted by Gasteiger charge is 2.08. The van der Waals surface area contributed by atoms with Crippen LogP contribution >= 0.6 is 0 Å². The maximum absolute atomic E-state index is 5.88. The Bertz CT molecular complexity index is 459. The van der Waals surface area contributed by atoms with Gasteiger partial charge in [-0.15, -0.1) is 0 Å². The van der Waals surface area contributed by atoms with Crippen molar-refractivity contribution < 1.29 is 9.47 Å². The summed E-state index contributed by atoms with van der Waals surface area (Å²) in [6.45, 7) is 5.47. The van der Waals surface area contributed by atoms with Crippen LogP contribution in [0.1, 0.15) is 6.42 Å². The van der Waals surface area contributed by atoms with Gasteiger partial charge in [-0.2, -0.15) is 0 Å². The van der Waals surface area contributed by atoms with Gasteiger partial charge in [0.2, 0.25) is 0 Å². The van der Waals surface area contributed by atoms with Crippen LogP contribution in [0.3, 0.4) is 0 Å². The maximum Gasteiger partial charge on any atom is 0.193 e. The highest BCUT2D eigenvalue weighted by Crippen LogP contribution is 2.16. The van der Waals surface area contributed by atoms with Crippen LogP contribution in [-0.4, -0.2) is 57.4 Å². The number of morpholine rings is 1. The molecule has 0 saturated carbocycles. The van der Waals surface area contributed by atoms with Gasteiger partial charge < -0.3 is 20.5 Å². The number of ether oxygens (including phenoxy) is 2. The third kappa shape index (κ3) is 5.61. The van der Waals surface area contributed by atoms with E-state index in [1.807, 2.05) is 24.3 Å². The summed E-state index contributed by atoms with van der Waals surface area (Å²) in [6, 6.07) is 7.61. The van der Waals surface area contributed by atoms with Crippen molar-refractivity contribution in [1.29, 1.82) is 0 Å². The summed E-state index contributed by atoms with van der Waals surface area (Å²) in [4.78, 5) is 6.74. The Labute approximate surface area is 125 Å². The van der Waals surface area contributed by atoms with Crippen LogP contribution in [-0.2, 0) is 4.74 Å². The molecule has 2 rings (SSSR count). The molecule has 0 bridgehead atoms. The van der Waals surface area contributed by atoms with E-state index in [2.05, 4.69) is 15.2 Å². The molecule has 21 heavy (non-hydrogen) atoms. The predicted molar refractivity (Wildman–Crippen MR) is 85.0 cm³/mol. The second kappa shape index (κ2) is 8.49. The van der Waals surface area contributed by atoms with Gasteiger partial charge in [0.05, 0.1) is 20.3 Å². The molecule has 6 heteroatoms. The molecule has 1 aromatic rings. The number of hydrogen-bond acceptors (Lipinski definition) is 4. The highest BCUT2D eigenvalue weighted by molar-refractivity contribution is 5.92. The second-order valence-corrected chi connectivity index (χ2v) is 4.93. The lowest BCUT2D eigenvalue weighted by molar-refractivity contribution is 0.0377. The largest absolute Gasteiger partial charge is 0.497 e. The van der Waals surface area contributed by atoms with E-state index in [-0.39, 0.29) is 0 Å². The number of rotatable bonds is 6. The van der Waals surface area contributed by atoms with Gasteiger partial charge >= 0.3 is 0 Å². The Hall–Kier alpha value is -1.79. The molecule has 3 N–H and O–H groups in total. The zero-order valence-corrected chi connectivity index (χ0v) is 12.5. The van der Waals surface area contributed by atoms with E-state index in [1.54, 1.807) is 7.11 Å². The standard InChI is InChI=1S/C15H24N4O2/c1-20-14-5-2-4-13(12-14)18-15(16)17-6-3-7-19-8-10-21-11-9-19/h2,4-5,12H,3,6-11H2,1H3,(H3,16,17,18). The number of nitrogens with two attached hydrogens (primary N) is 1. The second-order valence-electron chi connectivity index (χ2n) is 4.93. The molecule has 0 amide bonds. The number of guanidine groups is 1. The normalized spacial score (nSPS) is 16.7. The van der Waals surface area contributed by atoms with E-state index in [0.717, 1.165) is 57.3 Å². The Kier molecular flexibility index (Phi) is 6.30. The van der Waals surface area contributed by atoms with Gasteiger partial charge in [0.1, 0.15) is 5.75 Å². The fourth-order valence-corrected chi connectivity index (χ4v) is 2.21. The minimum absolute atomic E-state index is 0.435. The zero-order chi connectivity index (χ0) is 14.9. The summed E-state index contributed by atoms with van der Waals surface area (Å²) < 4.78 is 10.5. The Morgan fingerprint density at radius 3 is 3.00 bits per heavy atom. The van der Waals surface area contributed by atoms with E-state index in [0.29, 0.717) is 5.96 Å². The predicted octanol–water partition coefficient (Wildman–Crippen LogP) is 1.14. The van der Waals surface area contributed by atoms with E-state index < -0.39 is 0 Å². The summed E-state index contributed by atoms with van der Waals surface area (Å²) >= 11 is 0. The van der Waals surface area contributed by atoms with E-state index in [9.17, 15) is 0 Å². The van der Waals surface area contributed by atoms with E-state index >= 15 is 0 Å². The number of benzene rings is 1. The zero-order valence-electron chi connectivity index (χ0n) is 12.5. The summed E-state index contributed by atoms with van der Waals surface area (Å²) in [6.07, 6.45) is 1.00. The molecular formula is C15H24N4O2. The molecule has 0 aliphatic carbocycles. The third-order valence-electron chi connectivity index (χ3n) is 3.36. The van der Waals surface area contributed by atoms with Crippen molar-refractivity contribution in [3.8, 4) is 5.75 Å². The number of nitrogens with zero attached hydrogens (tertiary/aromatic N) is 2. The lowest BCUT2D eigenvalue weighted by Gasteiger charge is -2.26. The molecule has 1 aliphatic rings. The molecule has 1 fully saturated rings. The molecule has 1 heterocycles. The van der Waals surface area contributed by atoms with Crippen LogP contribution in [0.25, 0.3) is 0 Å². The minimum atomic E-state index is 0.435. The first-order valence-electron chi connectivity index (χ1n) is 7.29. The van der Waals surface area contributed by atoms with Gasteiger partial charge in [-0.3, -0.25) is 9.89 Å². The number of methoxy groups -OCH3 is 1. The maximum atomic E-state index is 5.88. The van der Waals surface area contributed by atoms with Crippen molar-refractivity contribution in [2.24, 2.45) is 10.7 Å². The van der Waals surface area contributed by atoms with Crippen LogP contribution in [0.15, 0.2) is 29.3 Å². The van der Waals surface area contributed by atoms with Crippen molar-refractivity contribution in [2.45, 2.75) is 6.42 Å². The van der Waals surface area contributed by atoms with Crippen molar-refractivity contribution in [2.75, 3.05) is 51.8 Å². The molecular weight excluding hydrogens is 268 g/mol. The molecule has 1 aliphatic heterocycles. The number of hydrogen-bond donors (Lipinski definition) is 2. The van der Waals surface area contributed by atoms with Gasteiger partial charge in [0.25, 0.3) is 0 Å². The highest BCUT2D eigenvalue weighted by atomic mass is 16.5. The molecule has 0 aromatic heterocycles. The Balaban J connectivity index is 1.70. The molecule has 0 unspecified atom stereocenters. The summed E-state index contributed by atoms with van der Waals surface area (Å²) in [5, 5.41) is 3.07. The first-order chi connectivity index (χ1) is 10.3. The number of anilines is 1. The molecule has 0 radical (unpaired) electrons. The third-order valence-corrected chi connectivity index (χ3v) is 3.36. The van der Waals surface area contributed by atoms with Gasteiger partial charge in [-0.25, -0.2) is 0 Å². The summed E-state index contributed by atoms with van der Waals surface area (Å²) in [7, 11) is 1.64. The lowest BCUT2D eigenvalue weighted by Crippen LogP contribution is -2.37. The average Bonchev–Trinajstić information content (AvgIpc) is 2.53. The van der Waals surface area contributed by atoms with Crippen molar-refractivity contribution in [3.05, 3.63) is 24.3 Å². The van der Waals surface area contributed by atoms with Crippen molar-refractivity contribution in [1.82, 2.24) is 4.90 Å². The fourth-order valence-electron chi connectivity index (χ4n) is 2.21. The average molecular weight is 292 g/mol. The fraction of sp³-hybridized carbons (Fsp3) is 0.533. The Morgan fingerprint density at radius 1 is 1.43 bits per heavy atom. The van der Waals surface area contributed by atoms with Crippen molar-refractivity contribution in [3.63, 3.8) is 0 Å². The van der Waals surface area contributed by atoms with Crippen LogP contribution in [0, 0.1) is 0 Å². The van der Waals surface area contributed by atoms with Gasteiger partial charge in [-0.1, -0.05) is 6.07 Å². The molecule has 0 spiro atoms. The number of aliphatic imine (C=N–C) groups is 1. The summed E-state index contributed by atoms with van der Waals surface area (Å²) in [5.41, 5.74) is 6.76. The van der Waals surface area contributed by atoms with Gasteiger partial charge in [0, 0.05) is 37.9 Å². The lowest BCUT2D eigenvalue weighted by atomic mass is 10.3. The summed E-state index contributed by atoms with van der Waals surface area (Å²) in [5.74, 6) is 1.23. The molecule has 1 saturated heterocycles. The first-order valence-corrected chi connectivity index (χ1v) is 7.29. The molecule has 6 nitrogen and oxygen atoms in total. The minimum Gasteiger partial charge on any atom is -0.497 e. The molecule has 116 valence electrons. The first kappa shape index (κ1) is 15.6. The van der Waals surface area contributed by atoms with Gasteiger partial charge in [0.15, 0.2) is 5.96 Å². The van der Waals surface area contributed by atoms with Crippen LogP contribution in [0.4, 0.5) is 5.69 Å². The van der Waals surface area contributed by atoms with E-state index in [1.165, 1.54) is 0 Å². The quantitative estimate of drug-likeness (QED) is 0.467. The van der Waals surface area contributed by atoms with Crippen LogP contribution in [0.5, 0.6) is 5.75 Å². The monoisotopic (exact) mass is 292 g/mol. The topological polar surface area (TPSA) is 72.1 Å². The van der Waals surface area contributed by atoms with E-state index in [4.69, 9.17) is 15.2 Å². The van der Waals surface area contributed by atoms with Crippen molar-refractivity contribution >= 4 is 11.6 Å². The molecule has 1 aromatic carbocycles. The van der Waals surface area contributed by atoms with Crippen LogP contribution in [0.2, 0.25) is 0 Å². The molecule has 0 atom stereocenters. The Morgan fingerprint density at radius 2 is 2.24 bits per heavy atom. The van der Waals surface area contributed by atoms with Crippen LogP contribution < -0.4 is 15.8 Å². The SMILES string of the molecule is COc1cccc(NC(N)=NCCCN2CCOCC2)c1. The van der Waals surface area contributed by atoms with Gasteiger partial charge in [-0.05, 0) is 18.6 Å². The number of nitrogens with one attached hydrogen (secondary N) is 1.